The zero-order chi connectivity index (χ0) is 18.0. The third kappa shape index (κ3) is 3.49. The molecule has 0 heterocycles. The Morgan fingerprint density at radius 3 is 2.24 bits per heavy atom. The van der Waals surface area contributed by atoms with E-state index in [1.165, 1.54) is 11.8 Å². The average Bonchev–Trinajstić information content (AvgIpc) is 2.61. The molecule has 0 fully saturated rings. The van der Waals surface area contributed by atoms with Gasteiger partial charge in [0.1, 0.15) is 0 Å². The summed E-state index contributed by atoms with van der Waals surface area (Å²) in [7, 11) is -2.06. The van der Waals surface area contributed by atoms with Gasteiger partial charge in [-0.15, -0.1) is 0 Å². The quantitative estimate of drug-likeness (QED) is 0.778. The highest BCUT2D eigenvalue weighted by Gasteiger charge is 2.17. The van der Waals surface area contributed by atoms with Crippen LogP contribution in [0.15, 0.2) is 71.6 Å². The van der Waals surface area contributed by atoms with Crippen LogP contribution in [0.4, 0.5) is 11.4 Å². The number of fused-ring (bicyclic) bond motifs is 1. The maximum atomic E-state index is 12.8. The van der Waals surface area contributed by atoms with Gasteiger partial charge in [-0.3, -0.25) is 9.52 Å². The second-order valence-corrected chi connectivity index (χ2v) is 7.36. The van der Waals surface area contributed by atoms with Crippen LogP contribution in [0.3, 0.4) is 0 Å². The molecule has 0 bridgehead atoms. The molecule has 0 radical (unpaired) electrons. The molecule has 0 unspecified atom stereocenters. The number of nitrogens with zero attached hydrogens (tertiary/aromatic N) is 1. The van der Waals surface area contributed by atoms with Crippen molar-refractivity contribution in [3.63, 3.8) is 0 Å². The van der Waals surface area contributed by atoms with Crippen molar-refractivity contribution in [1.29, 1.82) is 0 Å². The summed E-state index contributed by atoms with van der Waals surface area (Å²) in [6.45, 7) is 1.47. The molecule has 128 valence electrons. The number of hydrogen-bond acceptors (Lipinski definition) is 3. The maximum Gasteiger partial charge on any atom is 0.262 e. The lowest BCUT2D eigenvalue weighted by atomic mass is 10.1. The number of anilines is 2. The number of nitrogens with one attached hydrogen (secondary N) is 1. The summed E-state index contributed by atoms with van der Waals surface area (Å²) in [6.07, 6.45) is 0. The fraction of sp³-hybridized carbons (Fsp3) is 0.105. The van der Waals surface area contributed by atoms with Crippen molar-refractivity contribution < 1.29 is 13.2 Å². The molecule has 6 heteroatoms. The summed E-state index contributed by atoms with van der Waals surface area (Å²) in [5.74, 6) is -0.0934. The number of benzene rings is 3. The molecular weight excluding hydrogens is 336 g/mol. The molecule has 3 aromatic rings. The Balaban J connectivity index is 1.92. The molecule has 1 amide bonds. The number of hydrogen-bond donors (Lipinski definition) is 1. The Morgan fingerprint density at radius 1 is 0.920 bits per heavy atom. The van der Waals surface area contributed by atoms with Gasteiger partial charge in [0.25, 0.3) is 10.0 Å². The van der Waals surface area contributed by atoms with Crippen molar-refractivity contribution in [2.75, 3.05) is 16.7 Å². The molecule has 0 spiro atoms. The molecule has 0 aromatic heterocycles. The number of carbonyl (C=O) groups is 1. The van der Waals surface area contributed by atoms with Crippen molar-refractivity contribution >= 4 is 38.1 Å². The van der Waals surface area contributed by atoms with Crippen LogP contribution in [-0.2, 0) is 14.8 Å². The van der Waals surface area contributed by atoms with E-state index in [9.17, 15) is 13.2 Å². The summed E-state index contributed by atoms with van der Waals surface area (Å²) in [6, 6.07) is 19.2. The van der Waals surface area contributed by atoms with Crippen LogP contribution in [0, 0.1) is 0 Å². The molecule has 0 aliphatic carbocycles. The van der Waals surface area contributed by atoms with Crippen LogP contribution in [0.5, 0.6) is 0 Å². The van der Waals surface area contributed by atoms with Crippen molar-refractivity contribution in [2.24, 2.45) is 0 Å². The molecule has 25 heavy (non-hydrogen) atoms. The molecule has 0 aliphatic rings. The van der Waals surface area contributed by atoms with Gasteiger partial charge in [-0.05, 0) is 35.7 Å². The summed E-state index contributed by atoms with van der Waals surface area (Å²) in [5.41, 5.74) is 1.13. The van der Waals surface area contributed by atoms with Gasteiger partial charge in [-0.1, -0.05) is 36.4 Å². The van der Waals surface area contributed by atoms with E-state index >= 15 is 0 Å². The predicted molar refractivity (Wildman–Crippen MR) is 100 cm³/mol. The molecule has 5 nitrogen and oxygen atoms in total. The van der Waals surface area contributed by atoms with Crippen LogP contribution in [0.2, 0.25) is 0 Å². The van der Waals surface area contributed by atoms with E-state index in [4.69, 9.17) is 0 Å². The van der Waals surface area contributed by atoms with E-state index in [0.717, 1.165) is 5.39 Å². The van der Waals surface area contributed by atoms with E-state index < -0.39 is 10.0 Å². The molecule has 3 rings (SSSR count). The second kappa shape index (κ2) is 6.57. The average molecular weight is 354 g/mol. The van der Waals surface area contributed by atoms with Crippen molar-refractivity contribution in [1.82, 2.24) is 0 Å². The summed E-state index contributed by atoms with van der Waals surface area (Å²) >= 11 is 0. The van der Waals surface area contributed by atoms with E-state index in [2.05, 4.69) is 4.72 Å². The summed E-state index contributed by atoms with van der Waals surface area (Å²) < 4.78 is 28.1. The van der Waals surface area contributed by atoms with Gasteiger partial charge in [-0.2, -0.15) is 0 Å². The predicted octanol–water partition coefficient (Wildman–Crippen LogP) is 3.62. The first kappa shape index (κ1) is 17.0. The zero-order valence-corrected chi connectivity index (χ0v) is 14.7. The van der Waals surface area contributed by atoms with Crippen molar-refractivity contribution in [3.8, 4) is 0 Å². The van der Waals surface area contributed by atoms with E-state index in [-0.39, 0.29) is 10.8 Å². The minimum Gasteiger partial charge on any atom is -0.316 e. The first-order valence-electron chi connectivity index (χ1n) is 7.73. The highest BCUT2D eigenvalue weighted by Crippen LogP contribution is 2.25. The molecule has 0 saturated carbocycles. The van der Waals surface area contributed by atoms with Gasteiger partial charge in [0.2, 0.25) is 5.91 Å². The van der Waals surface area contributed by atoms with Gasteiger partial charge < -0.3 is 4.90 Å². The molecule has 0 aliphatic heterocycles. The first-order chi connectivity index (χ1) is 11.9. The van der Waals surface area contributed by atoms with Crippen LogP contribution in [-0.4, -0.2) is 21.4 Å². The van der Waals surface area contributed by atoms with Crippen molar-refractivity contribution in [2.45, 2.75) is 11.8 Å². The Hall–Kier alpha value is -2.86. The fourth-order valence-electron chi connectivity index (χ4n) is 2.58. The number of rotatable bonds is 4. The lowest BCUT2D eigenvalue weighted by Crippen LogP contribution is -2.22. The zero-order valence-electron chi connectivity index (χ0n) is 13.9. The Kier molecular flexibility index (Phi) is 4.46. The minimum absolute atomic E-state index is 0.0934. The van der Waals surface area contributed by atoms with E-state index in [1.54, 1.807) is 49.5 Å². The maximum absolute atomic E-state index is 12.8. The lowest BCUT2D eigenvalue weighted by Gasteiger charge is -2.16. The topological polar surface area (TPSA) is 66.5 Å². The third-order valence-corrected chi connectivity index (χ3v) is 5.46. The van der Waals surface area contributed by atoms with Crippen LogP contribution in [0.25, 0.3) is 10.8 Å². The highest BCUT2D eigenvalue weighted by atomic mass is 32.2. The van der Waals surface area contributed by atoms with E-state index in [0.29, 0.717) is 16.8 Å². The lowest BCUT2D eigenvalue weighted by molar-refractivity contribution is -0.116. The number of sulfonamides is 1. The second-order valence-electron chi connectivity index (χ2n) is 5.71. The molecule has 3 aromatic carbocycles. The summed E-state index contributed by atoms with van der Waals surface area (Å²) in [4.78, 5) is 13.1. The monoisotopic (exact) mass is 354 g/mol. The smallest absolute Gasteiger partial charge is 0.262 e. The molecule has 0 atom stereocenters. The van der Waals surface area contributed by atoms with Gasteiger partial charge in [0, 0.05) is 30.7 Å². The molecule has 0 saturated heterocycles. The SMILES string of the molecule is CC(=O)N(C)c1ccc(NS(=O)(=O)c2cccc3ccccc23)cc1. The highest BCUT2D eigenvalue weighted by molar-refractivity contribution is 7.93. The van der Waals surface area contributed by atoms with Gasteiger partial charge in [0.15, 0.2) is 0 Å². The third-order valence-electron chi connectivity index (χ3n) is 4.02. The van der Waals surface area contributed by atoms with Crippen LogP contribution in [0.1, 0.15) is 6.92 Å². The Bertz CT molecular complexity index is 1020. The number of amides is 1. The van der Waals surface area contributed by atoms with Gasteiger partial charge in [-0.25, -0.2) is 8.42 Å². The molecule has 1 N–H and O–H groups in total. The van der Waals surface area contributed by atoms with E-state index in [1.807, 2.05) is 24.3 Å². The Labute approximate surface area is 146 Å². The van der Waals surface area contributed by atoms with Crippen LogP contribution < -0.4 is 9.62 Å². The standard InChI is InChI=1S/C19H18N2O3S/c1-14(22)21(2)17-12-10-16(11-13-17)20-25(23,24)19-9-5-7-15-6-3-4-8-18(15)19/h3-13,20H,1-2H3. The Morgan fingerprint density at radius 2 is 1.56 bits per heavy atom. The van der Waals surface area contributed by atoms with Crippen molar-refractivity contribution in [3.05, 3.63) is 66.7 Å². The first-order valence-corrected chi connectivity index (χ1v) is 9.22. The van der Waals surface area contributed by atoms with Gasteiger partial charge in [0.05, 0.1) is 4.90 Å². The summed E-state index contributed by atoms with van der Waals surface area (Å²) in [5, 5.41) is 1.54. The minimum atomic E-state index is -3.72. The number of carbonyl (C=O) groups excluding carboxylic acids is 1. The normalized spacial score (nSPS) is 11.3. The largest absolute Gasteiger partial charge is 0.316 e. The van der Waals surface area contributed by atoms with Gasteiger partial charge >= 0.3 is 0 Å². The molecular formula is C19H18N2O3S. The fourth-order valence-corrected chi connectivity index (χ4v) is 3.86. The van der Waals surface area contributed by atoms with Crippen LogP contribution >= 0.6 is 0 Å².